The fourth-order valence-electron chi connectivity index (χ4n) is 1.14. The number of amides is 2. The van der Waals surface area contributed by atoms with Crippen molar-refractivity contribution in [1.29, 1.82) is 0 Å². The summed E-state index contributed by atoms with van der Waals surface area (Å²) in [6.07, 6.45) is 0.124. The molecule has 0 fully saturated rings. The quantitative estimate of drug-likeness (QED) is 0.731. The maximum atomic E-state index is 11.4. The van der Waals surface area contributed by atoms with Crippen LogP contribution >= 0.6 is 0 Å². The number of carbonyl (C=O) groups excluding carboxylic acids is 2. The molecule has 2 N–H and O–H groups in total. The van der Waals surface area contributed by atoms with Gasteiger partial charge in [-0.3, -0.25) is 4.79 Å². The van der Waals surface area contributed by atoms with Gasteiger partial charge in [0.25, 0.3) is 0 Å². The van der Waals surface area contributed by atoms with Crippen LogP contribution < -0.4 is 10.6 Å². The van der Waals surface area contributed by atoms with Crippen LogP contribution in [0.25, 0.3) is 0 Å². The van der Waals surface area contributed by atoms with Gasteiger partial charge in [0.15, 0.2) is 0 Å². The van der Waals surface area contributed by atoms with E-state index in [-0.39, 0.29) is 30.3 Å². The maximum Gasteiger partial charge on any atom is 0.407 e. The molecular formula is C14H28N2O4. The van der Waals surface area contributed by atoms with E-state index in [1.165, 1.54) is 0 Å². The van der Waals surface area contributed by atoms with E-state index in [0.717, 1.165) is 0 Å². The van der Waals surface area contributed by atoms with Gasteiger partial charge in [-0.05, 0) is 48.0 Å². The zero-order valence-electron chi connectivity index (χ0n) is 13.5. The molecule has 0 aromatic rings. The number of rotatable bonds is 6. The van der Waals surface area contributed by atoms with E-state index in [0.29, 0.717) is 13.0 Å². The minimum absolute atomic E-state index is 0.0366. The average Bonchev–Trinajstić information content (AvgIpc) is 2.22. The lowest BCUT2D eigenvalue weighted by Crippen LogP contribution is -2.41. The topological polar surface area (TPSA) is 76.7 Å². The van der Waals surface area contributed by atoms with E-state index in [9.17, 15) is 9.59 Å². The molecule has 0 aliphatic heterocycles. The fourth-order valence-corrected chi connectivity index (χ4v) is 1.14. The molecule has 0 spiro atoms. The van der Waals surface area contributed by atoms with Gasteiger partial charge in [-0.25, -0.2) is 4.79 Å². The number of hydrogen-bond acceptors (Lipinski definition) is 4. The summed E-state index contributed by atoms with van der Waals surface area (Å²) >= 11 is 0. The molecule has 118 valence electrons. The van der Waals surface area contributed by atoms with Crippen LogP contribution in [0.2, 0.25) is 0 Å². The molecule has 0 unspecified atom stereocenters. The predicted molar refractivity (Wildman–Crippen MR) is 77.6 cm³/mol. The Balaban J connectivity index is 3.58. The van der Waals surface area contributed by atoms with E-state index < -0.39 is 6.09 Å². The van der Waals surface area contributed by atoms with Crippen molar-refractivity contribution in [2.24, 2.45) is 0 Å². The molecule has 0 radical (unpaired) electrons. The van der Waals surface area contributed by atoms with E-state index >= 15 is 0 Å². The van der Waals surface area contributed by atoms with E-state index in [1.54, 1.807) is 0 Å². The van der Waals surface area contributed by atoms with Gasteiger partial charge in [0.2, 0.25) is 5.91 Å². The molecule has 20 heavy (non-hydrogen) atoms. The molecule has 6 nitrogen and oxygen atoms in total. The summed E-state index contributed by atoms with van der Waals surface area (Å²) in [7, 11) is 0. The van der Waals surface area contributed by atoms with Crippen LogP contribution in [-0.4, -0.2) is 42.9 Å². The first-order valence-corrected chi connectivity index (χ1v) is 6.85. The molecule has 6 heteroatoms. The monoisotopic (exact) mass is 288 g/mol. The Kier molecular flexibility index (Phi) is 7.57. The Hall–Kier alpha value is -1.30. The molecule has 0 saturated heterocycles. The van der Waals surface area contributed by atoms with E-state index in [4.69, 9.17) is 9.47 Å². The molecule has 0 aliphatic carbocycles. The van der Waals surface area contributed by atoms with Crippen molar-refractivity contribution in [2.75, 3.05) is 19.8 Å². The summed E-state index contributed by atoms with van der Waals surface area (Å²) in [6, 6.07) is 0. The van der Waals surface area contributed by atoms with Crippen LogP contribution in [0.4, 0.5) is 4.79 Å². The van der Waals surface area contributed by atoms with Crippen molar-refractivity contribution in [2.45, 2.75) is 59.1 Å². The first-order chi connectivity index (χ1) is 8.99. The Labute approximate surface area is 121 Å². The Morgan fingerprint density at radius 1 is 1.05 bits per heavy atom. The maximum absolute atomic E-state index is 11.4. The van der Waals surface area contributed by atoms with Gasteiger partial charge in [0.05, 0.1) is 12.2 Å². The summed E-state index contributed by atoms with van der Waals surface area (Å²) in [5, 5.41) is 5.39. The minimum atomic E-state index is -0.445. The second-order valence-corrected chi connectivity index (χ2v) is 6.62. The molecule has 0 bridgehead atoms. The van der Waals surface area contributed by atoms with Gasteiger partial charge >= 0.3 is 6.09 Å². The van der Waals surface area contributed by atoms with Crippen molar-refractivity contribution < 1.29 is 19.1 Å². The first kappa shape index (κ1) is 18.7. The SMILES string of the molecule is CC(C)(C)NC(=O)OCCCNC(=O)COC(C)(C)C. The number of carbonyl (C=O) groups is 2. The lowest BCUT2D eigenvalue weighted by Gasteiger charge is -2.20. The lowest BCUT2D eigenvalue weighted by molar-refractivity contribution is -0.130. The van der Waals surface area contributed by atoms with Crippen LogP contribution in [0.15, 0.2) is 0 Å². The van der Waals surface area contributed by atoms with Crippen molar-refractivity contribution in [3.63, 3.8) is 0 Å². The molecule has 2 amide bonds. The summed E-state index contributed by atoms with van der Waals surface area (Å²) in [6.45, 7) is 12.1. The highest BCUT2D eigenvalue weighted by Crippen LogP contribution is 2.05. The standard InChI is InChI=1S/C14H28N2O4/c1-13(2,3)16-12(18)19-9-7-8-15-11(17)10-20-14(4,5)6/h7-10H2,1-6H3,(H,15,17)(H,16,18). The summed E-state index contributed by atoms with van der Waals surface area (Å²) < 4.78 is 10.3. The van der Waals surface area contributed by atoms with Gasteiger partial charge in [-0.2, -0.15) is 0 Å². The highest BCUT2D eigenvalue weighted by Gasteiger charge is 2.14. The average molecular weight is 288 g/mol. The fraction of sp³-hybridized carbons (Fsp3) is 0.857. The van der Waals surface area contributed by atoms with Crippen molar-refractivity contribution in [1.82, 2.24) is 10.6 Å². The molecule has 0 aliphatic rings. The van der Waals surface area contributed by atoms with E-state index in [2.05, 4.69) is 10.6 Å². The number of ether oxygens (including phenoxy) is 2. The van der Waals surface area contributed by atoms with Crippen molar-refractivity contribution in [3.05, 3.63) is 0 Å². The molecular weight excluding hydrogens is 260 g/mol. The number of alkyl carbamates (subject to hydrolysis) is 1. The normalized spacial score (nSPS) is 11.9. The van der Waals surface area contributed by atoms with Crippen LogP contribution in [-0.2, 0) is 14.3 Å². The number of hydrogen-bond donors (Lipinski definition) is 2. The van der Waals surface area contributed by atoms with Gasteiger partial charge in [-0.1, -0.05) is 0 Å². The zero-order valence-corrected chi connectivity index (χ0v) is 13.5. The first-order valence-electron chi connectivity index (χ1n) is 6.85. The Morgan fingerprint density at radius 2 is 1.65 bits per heavy atom. The molecule has 0 aromatic heterocycles. The lowest BCUT2D eigenvalue weighted by atomic mass is 10.1. The zero-order chi connectivity index (χ0) is 15.8. The third-order valence-electron chi connectivity index (χ3n) is 1.99. The smallest absolute Gasteiger partial charge is 0.407 e. The van der Waals surface area contributed by atoms with Gasteiger partial charge in [0, 0.05) is 12.1 Å². The Morgan fingerprint density at radius 3 is 2.15 bits per heavy atom. The van der Waals surface area contributed by atoms with E-state index in [1.807, 2.05) is 41.5 Å². The van der Waals surface area contributed by atoms with Crippen LogP contribution in [0.1, 0.15) is 48.0 Å². The van der Waals surface area contributed by atoms with Gasteiger partial charge < -0.3 is 20.1 Å². The predicted octanol–water partition coefficient (Wildman–Crippen LogP) is 1.83. The summed E-state index contributed by atoms with van der Waals surface area (Å²) in [4.78, 5) is 22.7. The van der Waals surface area contributed by atoms with Gasteiger partial charge in [0.1, 0.15) is 6.61 Å². The summed E-state index contributed by atoms with van der Waals surface area (Å²) in [5.41, 5.74) is -0.638. The van der Waals surface area contributed by atoms with Gasteiger partial charge in [-0.15, -0.1) is 0 Å². The second kappa shape index (κ2) is 8.09. The Bertz CT molecular complexity index is 316. The third kappa shape index (κ3) is 13.1. The van der Waals surface area contributed by atoms with Crippen molar-refractivity contribution in [3.8, 4) is 0 Å². The molecule has 0 atom stereocenters. The second-order valence-electron chi connectivity index (χ2n) is 6.62. The minimum Gasteiger partial charge on any atom is -0.449 e. The largest absolute Gasteiger partial charge is 0.449 e. The highest BCUT2D eigenvalue weighted by atomic mass is 16.5. The van der Waals surface area contributed by atoms with Crippen molar-refractivity contribution >= 4 is 12.0 Å². The van der Waals surface area contributed by atoms with Crippen LogP contribution in [0.5, 0.6) is 0 Å². The van der Waals surface area contributed by atoms with Crippen LogP contribution in [0.3, 0.4) is 0 Å². The molecule has 0 aromatic carbocycles. The summed E-state index contributed by atoms with van der Waals surface area (Å²) in [5.74, 6) is -0.168. The highest BCUT2D eigenvalue weighted by molar-refractivity contribution is 5.77. The molecule has 0 saturated carbocycles. The molecule has 0 rings (SSSR count). The molecule has 0 heterocycles. The third-order valence-corrected chi connectivity index (χ3v) is 1.99. The number of nitrogens with one attached hydrogen (secondary N) is 2. The van der Waals surface area contributed by atoms with Crippen LogP contribution in [0, 0.1) is 0 Å².